The number of rotatable bonds is 8. The van der Waals surface area contributed by atoms with Crippen LogP contribution < -0.4 is 0 Å². The van der Waals surface area contributed by atoms with Crippen molar-refractivity contribution in [1.82, 2.24) is 0 Å². The predicted octanol–water partition coefficient (Wildman–Crippen LogP) is 2.32. The molecule has 0 bridgehead atoms. The maximum absolute atomic E-state index is 11.8. The first-order valence-corrected chi connectivity index (χ1v) is 6.68. The number of hydrogen-bond acceptors (Lipinski definition) is 4. The molecule has 0 heterocycles. The highest BCUT2D eigenvalue weighted by Crippen LogP contribution is 2.15. The van der Waals surface area contributed by atoms with E-state index < -0.39 is 18.0 Å². The van der Waals surface area contributed by atoms with Crippen molar-refractivity contribution >= 4 is 5.97 Å². The minimum atomic E-state index is -0.954. The smallest absolute Gasteiger partial charge is 0.314 e. The van der Waals surface area contributed by atoms with Gasteiger partial charge in [-0.3, -0.25) is 4.79 Å². The van der Waals surface area contributed by atoms with Gasteiger partial charge in [-0.1, -0.05) is 42.5 Å². The van der Waals surface area contributed by atoms with E-state index in [0.29, 0.717) is 12.2 Å². The topological polar surface area (TPSA) is 55.8 Å². The van der Waals surface area contributed by atoms with Gasteiger partial charge in [-0.2, -0.15) is 0 Å². The standard InChI is InChI=1S/C16H22O4/c1-4-20-16(18)14(15(17)12(2)3)11-19-10-13-8-6-5-7-9-13/h5-9,14-15,17H,2,4,10-11H2,1,3H3/t14-,15-/m0/s1. The van der Waals surface area contributed by atoms with Gasteiger partial charge in [0.15, 0.2) is 0 Å². The van der Waals surface area contributed by atoms with Crippen molar-refractivity contribution in [1.29, 1.82) is 0 Å². The molecule has 4 nitrogen and oxygen atoms in total. The maximum atomic E-state index is 11.8. The monoisotopic (exact) mass is 278 g/mol. The molecule has 0 fully saturated rings. The van der Waals surface area contributed by atoms with Crippen molar-refractivity contribution in [2.24, 2.45) is 5.92 Å². The van der Waals surface area contributed by atoms with Gasteiger partial charge in [0.2, 0.25) is 0 Å². The summed E-state index contributed by atoms with van der Waals surface area (Å²) in [7, 11) is 0. The zero-order valence-corrected chi connectivity index (χ0v) is 12.0. The summed E-state index contributed by atoms with van der Waals surface area (Å²) in [5.41, 5.74) is 1.53. The van der Waals surface area contributed by atoms with E-state index in [2.05, 4.69) is 6.58 Å². The first-order chi connectivity index (χ1) is 9.56. The lowest BCUT2D eigenvalue weighted by Gasteiger charge is -2.21. The molecule has 1 aromatic rings. The summed E-state index contributed by atoms with van der Waals surface area (Å²) in [6.07, 6.45) is -0.954. The van der Waals surface area contributed by atoms with Crippen molar-refractivity contribution in [3.63, 3.8) is 0 Å². The third-order valence-electron chi connectivity index (χ3n) is 2.88. The van der Waals surface area contributed by atoms with Crippen molar-refractivity contribution in [3.05, 3.63) is 48.0 Å². The van der Waals surface area contributed by atoms with Gasteiger partial charge >= 0.3 is 5.97 Å². The minimum Gasteiger partial charge on any atom is -0.466 e. The van der Waals surface area contributed by atoms with Crippen LogP contribution in [0.2, 0.25) is 0 Å². The molecule has 0 amide bonds. The Morgan fingerprint density at radius 3 is 2.55 bits per heavy atom. The number of hydrogen-bond donors (Lipinski definition) is 1. The molecule has 1 N–H and O–H groups in total. The van der Waals surface area contributed by atoms with E-state index >= 15 is 0 Å². The Morgan fingerprint density at radius 1 is 1.35 bits per heavy atom. The molecule has 0 aromatic heterocycles. The second-order valence-corrected chi connectivity index (χ2v) is 4.65. The summed E-state index contributed by atoms with van der Waals surface area (Å²) in [5, 5.41) is 10.0. The van der Waals surface area contributed by atoms with E-state index in [4.69, 9.17) is 9.47 Å². The Balaban J connectivity index is 2.56. The van der Waals surface area contributed by atoms with Crippen molar-refractivity contribution < 1.29 is 19.4 Å². The molecule has 0 aliphatic heterocycles. The average Bonchev–Trinajstić information content (AvgIpc) is 2.44. The molecule has 0 spiro atoms. The summed E-state index contributed by atoms with van der Waals surface area (Å²) >= 11 is 0. The van der Waals surface area contributed by atoms with Gasteiger partial charge in [-0.25, -0.2) is 0 Å². The lowest BCUT2D eigenvalue weighted by molar-refractivity contribution is -0.154. The minimum absolute atomic E-state index is 0.0990. The van der Waals surface area contributed by atoms with Crippen LogP contribution in [0, 0.1) is 5.92 Å². The molecular weight excluding hydrogens is 256 g/mol. The fraction of sp³-hybridized carbons (Fsp3) is 0.438. The zero-order chi connectivity index (χ0) is 15.0. The molecule has 0 saturated carbocycles. The molecule has 0 aliphatic carbocycles. The van der Waals surface area contributed by atoms with Crippen LogP contribution in [0.5, 0.6) is 0 Å². The Morgan fingerprint density at radius 2 is 2.00 bits per heavy atom. The average molecular weight is 278 g/mol. The first-order valence-electron chi connectivity index (χ1n) is 6.68. The molecule has 1 rings (SSSR count). The maximum Gasteiger partial charge on any atom is 0.314 e. The summed E-state index contributed by atoms with van der Waals surface area (Å²) in [4.78, 5) is 11.8. The van der Waals surface area contributed by atoms with Gasteiger partial charge in [-0.05, 0) is 19.4 Å². The van der Waals surface area contributed by atoms with Gasteiger partial charge in [0, 0.05) is 0 Å². The van der Waals surface area contributed by atoms with Gasteiger partial charge in [-0.15, -0.1) is 0 Å². The number of aliphatic hydroxyl groups excluding tert-OH is 1. The number of carbonyl (C=O) groups excluding carboxylic acids is 1. The SMILES string of the molecule is C=C(C)[C@H](O)[C@H](COCc1ccccc1)C(=O)OCC. The first kappa shape index (κ1) is 16.4. The van der Waals surface area contributed by atoms with Crippen LogP contribution in [-0.2, 0) is 20.9 Å². The van der Waals surface area contributed by atoms with Crippen molar-refractivity contribution in [2.45, 2.75) is 26.6 Å². The largest absolute Gasteiger partial charge is 0.466 e. The van der Waals surface area contributed by atoms with Crippen LogP contribution in [0.4, 0.5) is 0 Å². The summed E-state index contributed by atoms with van der Waals surface area (Å²) < 4.78 is 10.5. The molecule has 2 atom stereocenters. The second kappa shape index (κ2) is 8.51. The van der Waals surface area contributed by atoms with Crippen LogP contribution >= 0.6 is 0 Å². The number of benzene rings is 1. The Labute approximate surface area is 120 Å². The highest BCUT2D eigenvalue weighted by molar-refractivity contribution is 5.73. The number of aliphatic hydroxyl groups is 1. The van der Waals surface area contributed by atoms with E-state index in [1.54, 1.807) is 13.8 Å². The highest BCUT2D eigenvalue weighted by atomic mass is 16.5. The Hall–Kier alpha value is -1.65. The molecule has 0 aliphatic rings. The molecule has 110 valence electrons. The fourth-order valence-electron chi connectivity index (χ4n) is 1.76. The second-order valence-electron chi connectivity index (χ2n) is 4.65. The molecule has 0 radical (unpaired) electrons. The summed E-state index contributed by atoms with van der Waals surface area (Å²) in [5.74, 6) is -1.20. The predicted molar refractivity (Wildman–Crippen MR) is 77.0 cm³/mol. The van der Waals surface area contributed by atoms with E-state index in [9.17, 15) is 9.90 Å². The number of esters is 1. The van der Waals surface area contributed by atoms with Crippen LogP contribution in [0.15, 0.2) is 42.5 Å². The summed E-state index contributed by atoms with van der Waals surface area (Å²) in [6.45, 7) is 7.84. The van der Waals surface area contributed by atoms with Crippen LogP contribution in [-0.4, -0.2) is 30.4 Å². The third-order valence-corrected chi connectivity index (χ3v) is 2.88. The molecule has 4 heteroatoms. The van der Waals surface area contributed by atoms with Gasteiger partial charge < -0.3 is 14.6 Å². The molecule has 20 heavy (non-hydrogen) atoms. The Bertz CT molecular complexity index is 427. The van der Waals surface area contributed by atoms with Crippen molar-refractivity contribution in [2.75, 3.05) is 13.2 Å². The van der Waals surface area contributed by atoms with Crippen molar-refractivity contribution in [3.8, 4) is 0 Å². The lowest BCUT2D eigenvalue weighted by Crippen LogP contribution is -2.34. The molecule has 0 unspecified atom stereocenters. The van der Waals surface area contributed by atoms with Gasteiger partial charge in [0.25, 0.3) is 0 Å². The van der Waals surface area contributed by atoms with Crippen LogP contribution in [0.3, 0.4) is 0 Å². The highest BCUT2D eigenvalue weighted by Gasteiger charge is 2.28. The zero-order valence-electron chi connectivity index (χ0n) is 12.0. The Kier molecular flexibility index (Phi) is 6.98. The summed E-state index contributed by atoms with van der Waals surface area (Å²) in [6, 6.07) is 9.65. The van der Waals surface area contributed by atoms with E-state index in [1.165, 1.54) is 0 Å². The quantitative estimate of drug-likeness (QED) is 0.585. The van der Waals surface area contributed by atoms with Crippen LogP contribution in [0.1, 0.15) is 19.4 Å². The number of ether oxygens (including phenoxy) is 2. The third kappa shape index (κ3) is 5.15. The number of carbonyl (C=O) groups is 1. The normalized spacial score (nSPS) is 13.6. The van der Waals surface area contributed by atoms with E-state index in [-0.39, 0.29) is 13.2 Å². The van der Waals surface area contributed by atoms with Gasteiger partial charge in [0.05, 0.1) is 25.9 Å². The lowest BCUT2D eigenvalue weighted by atomic mass is 9.98. The fourth-order valence-corrected chi connectivity index (χ4v) is 1.76. The van der Waals surface area contributed by atoms with Gasteiger partial charge in [0.1, 0.15) is 5.92 Å². The van der Waals surface area contributed by atoms with Crippen LogP contribution in [0.25, 0.3) is 0 Å². The molecule has 1 aromatic carbocycles. The van der Waals surface area contributed by atoms with E-state index in [1.807, 2.05) is 30.3 Å². The van der Waals surface area contributed by atoms with E-state index in [0.717, 1.165) is 5.56 Å². The molecule has 0 saturated heterocycles. The molecular formula is C16H22O4.